The Morgan fingerprint density at radius 2 is 1.09 bits per heavy atom. The van der Waals surface area contributed by atoms with Crippen LogP contribution in [0.25, 0.3) is 88.5 Å². The number of aromatic nitrogens is 2. The molecule has 0 bridgehead atoms. The van der Waals surface area contributed by atoms with Crippen molar-refractivity contribution in [2.45, 2.75) is 0 Å². The van der Waals surface area contributed by atoms with E-state index in [2.05, 4.69) is 145 Å². The summed E-state index contributed by atoms with van der Waals surface area (Å²) < 4.78 is 8.63. The van der Waals surface area contributed by atoms with Crippen LogP contribution >= 0.6 is 0 Å². The van der Waals surface area contributed by atoms with Crippen molar-refractivity contribution in [2.75, 3.05) is 0 Å². The lowest BCUT2D eigenvalue weighted by atomic mass is 9.93. The zero-order chi connectivity index (χ0) is 29.9. The van der Waals surface area contributed by atoms with Crippen LogP contribution < -0.4 is 0 Å². The zero-order valence-electron chi connectivity index (χ0n) is 24.7. The summed E-state index contributed by atoms with van der Waals surface area (Å²) in [4.78, 5) is 4.97. The summed E-state index contributed by atoms with van der Waals surface area (Å²) in [6.07, 6.45) is 0. The minimum atomic E-state index is 0.916. The summed E-state index contributed by atoms with van der Waals surface area (Å²) in [5, 5.41) is 4.71. The number of fused-ring (bicyclic) bond motifs is 5. The van der Waals surface area contributed by atoms with Crippen molar-refractivity contribution < 1.29 is 4.42 Å². The minimum Gasteiger partial charge on any atom is -0.455 e. The van der Waals surface area contributed by atoms with Crippen molar-refractivity contribution in [3.63, 3.8) is 0 Å². The Balaban J connectivity index is 1.06. The number of aryl methyl sites for hydroxylation is 1. The van der Waals surface area contributed by atoms with E-state index in [0.29, 0.717) is 0 Å². The van der Waals surface area contributed by atoms with Crippen molar-refractivity contribution in [1.82, 2.24) is 9.55 Å². The topological polar surface area (TPSA) is 31.0 Å². The third kappa shape index (κ3) is 4.16. The molecule has 3 heteroatoms. The molecule has 0 aliphatic rings. The quantitative estimate of drug-likeness (QED) is 0.209. The lowest BCUT2D eigenvalue weighted by molar-refractivity contribution is 0.670. The van der Waals surface area contributed by atoms with Gasteiger partial charge in [-0.15, -0.1) is 0 Å². The molecule has 0 unspecified atom stereocenters. The molecular weight excluding hydrogens is 548 g/mol. The molecule has 7 aromatic carbocycles. The normalized spacial score (nSPS) is 11.7. The molecule has 2 aromatic heterocycles. The summed E-state index contributed by atoms with van der Waals surface area (Å²) in [7, 11) is 2.08. The molecule has 45 heavy (non-hydrogen) atoms. The Kier molecular flexibility index (Phi) is 5.72. The number of rotatable bonds is 4. The van der Waals surface area contributed by atoms with Crippen LogP contribution in [0.5, 0.6) is 0 Å². The molecule has 9 rings (SSSR count). The summed E-state index contributed by atoms with van der Waals surface area (Å²) >= 11 is 0. The molecule has 9 aromatic rings. The molecule has 0 aliphatic heterocycles. The van der Waals surface area contributed by atoms with Crippen LogP contribution in [-0.4, -0.2) is 9.55 Å². The van der Waals surface area contributed by atoms with Crippen molar-refractivity contribution in [3.8, 4) is 44.8 Å². The molecule has 0 amide bonds. The maximum Gasteiger partial charge on any atom is 0.143 e. The van der Waals surface area contributed by atoms with E-state index < -0.39 is 0 Å². The summed E-state index contributed by atoms with van der Waals surface area (Å²) in [6, 6.07) is 53.7. The zero-order valence-corrected chi connectivity index (χ0v) is 24.7. The van der Waals surface area contributed by atoms with Crippen LogP contribution in [0.2, 0.25) is 0 Å². The van der Waals surface area contributed by atoms with Gasteiger partial charge in [0.2, 0.25) is 0 Å². The molecule has 2 heterocycles. The van der Waals surface area contributed by atoms with Gasteiger partial charge in [-0.3, -0.25) is 0 Å². The predicted molar refractivity (Wildman–Crippen MR) is 187 cm³/mol. The SMILES string of the molecule is Cn1c(-c2ccccc2)nc2cc(-c3ccc(-c4ccc(-c5c6ccccc6cc6c5oc5ccccc56)cc4)cc3)ccc21. The highest BCUT2D eigenvalue weighted by atomic mass is 16.3. The number of hydrogen-bond acceptors (Lipinski definition) is 2. The van der Waals surface area contributed by atoms with Gasteiger partial charge in [-0.25, -0.2) is 4.98 Å². The van der Waals surface area contributed by atoms with Crippen LogP contribution in [0.1, 0.15) is 0 Å². The molecule has 212 valence electrons. The van der Waals surface area contributed by atoms with E-state index in [1.807, 2.05) is 18.2 Å². The largest absolute Gasteiger partial charge is 0.455 e. The summed E-state index contributed by atoms with van der Waals surface area (Å²) in [6.45, 7) is 0. The van der Waals surface area contributed by atoms with E-state index in [9.17, 15) is 0 Å². The molecular formula is C42H28N2O. The summed E-state index contributed by atoms with van der Waals surface area (Å²) in [5.74, 6) is 0.978. The van der Waals surface area contributed by atoms with Crippen molar-refractivity contribution in [2.24, 2.45) is 7.05 Å². The first kappa shape index (κ1) is 25.6. The first-order valence-electron chi connectivity index (χ1n) is 15.3. The number of nitrogens with zero attached hydrogens (tertiary/aromatic N) is 2. The molecule has 0 atom stereocenters. The first-order valence-corrected chi connectivity index (χ1v) is 15.3. The van der Waals surface area contributed by atoms with Crippen LogP contribution in [0.3, 0.4) is 0 Å². The van der Waals surface area contributed by atoms with Gasteiger partial charge in [-0.2, -0.15) is 0 Å². The van der Waals surface area contributed by atoms with E-state index in [4.69, 9.17) is 9.40 Å². The van der Waals surface area contributed by atoms with E-state index in [0.717, 1.165) is 61.1 Å². The van der Waals surface area contributed by atoms with E-state index in [1.165, 1.54) is 27.5 Å². The molecule has 3 nitrogen and oxygen atoms in total. The second-order valence-electron chi connectivity index (χ2n) is 11.7. The van der Waals surface area contributed by atoms with E-state index in [-0.39, 0.29) is 0 Å². The average Bonchev–Trinajstić information content (AvgIpc) is 3.64. The highest BCUT2D eigenvalue weighted by molar-refractivity contribution is 6.18. The van der Waals surface area contributed by atoms with Crippen LogP contribution in [0.4, 0.5) is 0 Å². The fraction of sp³-hybridized carbons (Fsp3) is 0.0238. The molecule has 0 fully saturated rings. The Morgan fingerprint density at radius 3 is 1.84 bits per heavy atom. The number of furan rings is 1. The minimum absolute atomic E-state index is 0.916. The Labute approximate surface area is 260 Å². The Morgan fingerprint density at radius 1 is 0.489 bits per heavy atom. The number of benzene rings is 7. The van der Waals surface area contributed by atoms with Gasteiger partial charge in [-0.1, -0.05) is 127 Å². The molecule has 0 spiro atoms. The number of para-hydroxylation sites is 1. The van der Waals surface area contributed by atoms with Gasteiger partial charge < -0.3 is 8.98 Å². The van der Waals surface area contributed by atoms with Gasteiger partial charge in [0.05, 0.1) is 11.0 Å². The van der Waals surface area contributed by atoms with E-state index >= 15 is 0 Å². The van der Waals surface area contributed by atoms with Crippen LogP contribution in [0.15, 0.2) is 156 Å². The van der Waals surface area contributed by atoms with Gasteiger partial charge in [-0.05, 0) is 62.9 Å². The van der Waals surface area contributed by atoms with Gasteiger partial charge in [0.1, 0.15) is 17.0 Å². The average molecular weight is 577 g/mol. The van der Waals surface area contributed by atoms with E-state index in [1.54, 1.807) is 0 Å². The predicted octanol–water partition coefficient (Wildman–Crippen LogP) is 11.3. The van der Waals surface area contributed by atoms with Crippen molar-refractivity contribution >= 4 is 43.7 Å². The molecule has 0 N–H and O–H groups in total. The highest BCUT2D eigenvalue weighted by Gasteiger charge is 2.16. The third-order valence-electron chi connectivity index (χ3n) is 9.03. The highest BCUT2D eigenvalue weighted by Crippen LogP contribution is 2.41. The Hall–Kier alpha value is -5.93. The van der Waals surface area contributed by atoms with Crippen LogP contribution in [-0.2, 0) is 7.05 Å². The maximum absolute atomic E-state index is 6.47. The second-order valence-corrected chi connectivity index (χ2v) is 11.7. The van der Waals surface area contributed by atoms with Crippen LogP contribution in [0, 0.1) is 0 Å². The standard InChI is InChI=1S/C42H28N2O/c1-44-38-24-23-32(26-37(38)43-42(44)31-9-3-2-4-10-31)29-17-15-27(16-18-29)28-19-21-30(22-20-28)40-34-12-6-5-11-33(34)25-36-35-13-7-8-14-39(35)45-41(36)40/h2-26H,1H3. The fourth-order valence-electron chi connectivity index (χ4n) is 6.72. The molecule has 0 saturated carbocycles. The molecule has 0 radical (unpaired) electrons. The van der Waals surface area contributed by atoms with Gasteiger partial charge in [0.15, 0.2) is 0 Å². The number of hydrogen-bond donors (Lipinski definition) is 0. The smallest absolute Gasteiger partial charge is 0.143 e. The monoisotopic (exact) mass is 576 g/mol. The third-order valence-corrected chi connectivity index (χ3v) is 9.03. The van der Waals surface area contributed by atoms with Gasteiger partial charge in [0, 0.05) is 28.9 Å². The number of imidazole rings is 1. The molecule has 0 saturated heterocycles. The lowest BCUT2D eigenvalue weighted by Gasteiger charge is -2.10. The lowest BCUT2D eigenvalue weighted by Crippen LogP contribution is -1.91. The second kappa shape index (κ2) is 10.1. The Bertz CT molecular complexity index is 2520. The van der Waals surface area contributed by atoms with Crippen molar-refractivity contribution in [3.05, 3.63) is 152 Å². The maximum atomic E-state index is 6.47. The first-order chi connectivity index (χ1) is 22.2. The summed E-state index contributed by atoms with van der Waals surface area (Å²) in [5.41, 5.74) is 12.1. The van der Waals surface area contributed by atoms with Crippen molar-refractivity contribution in [1.29, 1.82) is 0 Å². The van der Waals surface area contributed by atoms with Gasteiger partial charge >= 0.3 is 0 Å². The fourth-order valence-corrected chi connectivity index (χ4v) is 6.72. The molecule has 0 aliphatic carbocycles. The van der Waals surface area contributed by atoms with Gasteiger partial charge in [0.25, 0.3) is 0 Å².